The molecule has 0 aromatic rings. The normalized spacial score (nSPS) is 21.4. The van der Waals surface area contributed by atoms with E-state index < -0.39 is 17.5 Å². The fraction of sp³-hybridized carbons (Fsp3) is 0.636. The van der Waals surface area contributed by atoms with Gasteiger partial charge in [0.25, 0.3) is 0 Å². The van der Waals surface area contributed by atoms with Crippen LogP contribution in [0.2, 0.25) is 0 Å². The molecule has 6 heteroatoms. The fourth-order valence-electron chi connectivity index (χ4n) is 1.20. The zero-order valence-corrected chi connectivity index (χ0v) is 10.1. The third-order valence-electron chi connectivity index (χ3n) is 2.18. The van der Waals surface area contributed by atoms with Crippen molar-refractivity contribution in [2.24, 2.45) is 4.99 Å². The summed E-state index contributed by atoms with van der Waals surface area (Å²) in [6.07, 6.45) is 1.22. The summed E-state index contributed by atoms with van der Waals surface area (Å²) in [5, 5.41) is 0. The summed E-state index contributed by atoms with van der Waals surface area (Å²) in [6.45, 7) is 5.41. The Hall–Kier alpha value is -1.72. The van der Waals surface area contributed by atoms with Crippen LogP contribution in [0.5, 0.6) is 0 Å². The lowest BCUT2D eigenvalue weighted by Crippen LogP contribution is -2.25. The fourth-order valence-corrected chi connectivity index (χ4v) is 1.20. The summed E-state index contributed by atoms with van der Waals surface area (Å²) < 4.78 is 8.92. The van der Waals surface area contributed by atoms with Crippen LogP contribution in [0.1, 0.15) is 40.0 Å². The van der Waals surface area contributed by atoms with Gasteiger partial charge in [0.1, 0.15) is 0 Å². The van der Waals surface area contributed by atoms with Crippen LogP contribution in [0.25, 0.3) is 0 Å². The third-order valence-corrected chi connectivity index (χ3v) is 2.18. The molecule has 0 aromatic heterocycles. The Morgan fingerprint density at radius 2 is 1.65 bits per heavy atom. The number of nitrogens with zero attached hydrogens (tertiary/aromatic N) is 1. The van der Waals surface area contributed by atoms with Crippen molar-refractivity contribution in [2.45, 2.75) is 45.6 Å². The zero-order chi connectivity index (χ0) is 13.1. The highest BCUT2D eigenvalue weighted by Crippen LogP contribution is 2.19. The second kappa shape index (κ2) is 5.07. The standard InChI is InChI=1S/C7H11NO2.C4H4O3/c1-4-5-8-7(2,3)6(9)10-5;5-3-1-2-4(6)7-3/h4H2,1-3H3;1-2H2. The smallest absolute Gasteiger partial charge is 0.340 e. The van der Waals surface area contributed by atoms with Gasteiger partial charge in [-0.3, -0.25) is 9.59 Å². The molecule has 2 aliphatic rings. The molecule has 0 radical (unpaired) electrons. The van der Waals surface area contributed by atoms with Crippen LogP contribution < -0.4 is 0 Å². The van der Waals surface area contributed by atoms with Gasteiger partial charge in [0.05, 0.1) is 12.8 Å². The molecule has 0 spiro atoms. The minimum Gasteiger partial charge on any atom is -0.410 e. The lowest BCUT2D eigenvalue weighted by atomic mass is 10.1. The molecule has 1 saturated heterocycles. The highest BCUT2D eigenvalue weighted by Gasteiger charge is 2.35. The number of rotatable bonds is 1. The first-order valence-electron chi connectivity index (χ1n) is 5.39. The van der Waals surface area contributed by atoms with Crippen LogP contribution in [0.15, 0.2) is 4.99 Å². The van der Waals surface area contributed by atoms with E-state index in [2.05, 4.69) is 9.73 Å². The van der Waals surface area contributed by atoms with E-state index in [0.29, 0.717) is 12.3 Å². The lowest BCUT2D eigenvalue weighted by molar-refractivity contribution is -0.152. The number of hydrogen-bond acceptors (Lipinski definition) is 6. The average molecular weight is 241 g/mol. The molecule has 0 aromatic carbocycles. The van der Waals surface area contributed by atoms with Crippen molar-refractivity contribution in [1.29, 1.82) is 0 Å². The van der Waals surface area contributed by atoms with Crippen molar-refractivity contribution < 1.29 is 23.9 Å². The number of hydrogen-bond donors (Lipinski definition) is 0. The first-order chi connectivity index (χ1) is 7.85. The largest absolute Gasteiger partial charge is 0.410 e. The van der Waals surface area contributed by atoms with Crippen LogP contribution in [0.3, 0.4) is 0 Å². The predicted octanol–water partition coefficient (Wildman–Crippen LogP) is 0.980. The van der Waals surface area contributed by atoms with Crippen molar-refractivity contribution in [3.8, 4) is 0 Å². The summed E-state index contributed by atoms with van der Waals surface area (Å²) >= 11 is 0. The maximum Gasteiger partial charge on any atom is 0.340 e. The Bertz CT molecular complexity index is 369. The third kappa shape index (κ3) is 3.65. The Morgan fingerprint density at radius 3 is 1.82 bits per heavy atom. The van der Waals surface area contributed by atoms with Crippen molar-refractivity contribution in [3.05, 3.63) is 0 Å². The van der Waals surface area contributed by atoms with Gasteiger partial charge >= 0.3 is 17.9 Å². The molecule has 6 nitrogen and oxygen atoms in total. The molecule has 0 saturated carbocycles. The Kier molecular flexibility index (Phi) is 3.98. The summed E-state index contributed by atoms with van der Waals surface area (Å²) in [7, 11) is 0. The number of carbonyl (C=O) groups excluding carboxylic acids is 3. The van der Waals surface area contributed by atoms with E-state index in [-0.39, 0.29) is 18.8 Å². The molecule has 0 N–H and O–H groups in total. The van der Waals surface area contributed by atoms with Crippen molar-refractivity contribution in [3.63, 3.8) is 0 Å². The summed E-state index contributed by atoms with van der Waals surface area (Å²) in [5.74, 6) is -0.491. The summed E-state index contributed by atoms with van der Waals surface area (Å²) in [5.41, 5.74) is -0.647. The molecule has 94 valence electrons. The molecular weight excluding hydrogens is 226 g/mol. The van der Waals surface area contributed by atoms with Crippen molar-refractivity contribution >= 4 is 23.8 Å². The van der Waals surface area contributed by atoms with Crippen molar-refractivity contribution in [1.82, 2.24) is 0 Å². The molecule has 2 heterocycles. The highest BCUT2D eigenvalue weighted by molar-refractivity contribution is 5.99. The summed E-state index contributed by atoms with van der Waals surface area (Å²) in [4.78, 5) is 35.0. The van der Waals surface area contributed by atoms with Gasteiger partial charge in [0.2, 0.25) is 0 Å². The molecule has 2 rings (SSSR count). The van der Waals surface area contributed by atoms with E-state index in [4.69, 9.17) is 4.74 Å². The molecule has 0 aliphatic carbocycles. The summed E-state index contributed by atoms with van der Waals surface area (Å²) in [6, 6.07) is 0. The Labute approximate surface area is 99.0 Å². The monoisotopic (exact) mass is 241 g/mol. The zero-order valence-electron chi connectivity index (χ0n) is 10.1. The van der Waals surface area contributed by atoms with Gasteiger partial charge < -0.3 is 9.47 Å². The average Bonchev–Trinajstić information content (AvgIpc) is 2.72. The minimum absolute atomic E-state index is 0.246. The Morgan fingerprint density at radius 1 is 1.12 bits per heavy atom. The second-order valence-electron chi connectivity index (χ2n) is 4.15. The van der Waals surface area contributed by atoms with E-state index in [1.807, 2.05) is 6.92 Å². The van der Waals surface area contributed by atoms with Gasteiger partial charge in [-0.1, -0.05) is 6.92 Å². The molecule has 2 aliphatic heterocycles. The van der Waals surface area contributed by atoms with Gasteiger partial charge in [0, 0.05) is 6.42 Å². The van der Waals surface area contributed by atoms with Crippen LogP contribution in [0, 0.1) is 0 Å². The Balaban J connectivity index is 0.000000181. The van der Waals surface area contributed by atoms with Gasteiger partial charge in [-0.05, 0) is 13.8 Å². The second-order valence-corrected chi connectivity index (χ2v) is 4.15. The predicted molar refractivity (Wildman–Crippen MR) is 58.2 cm³/mol. The van der Waals surface area contributed by atoms with E-state index in [0.717, 1.165) is 0 Å². The number of cyclic esters (lactones) is 3. The van der Waals surface area contributed by atoms with E-state index >= 15 is 0 Å². The maximum atomic E-state index is 10.9. The van der Waals surface area contributed by atoms with Gasteiger partial charge in [-0.2, -0.15) is 0 Å². The highest BCUT2D eigenvalue weighted by atomic mass is 16.6. The number of ether oxygens (including phenoxy) is 2. The lowest BCUT2D eigenvalue weighted by Gasteiger charge is -2.05. The maximum absolute atomic E-state index is 10.9. The SMILES string of the molecule is CCC1=NC(C)(C)C(=O)O1.O=C1CCC(=O)O1. The van der Waals surface area contributed by atoms with Crippen LogP contribution in [0.4, 0.5) is 0 Å². The van der Waals surface area contributed by atoms with E-state index in [9.17, 15) is 14.4 Å². The van der Waals surface area contributed by atoms with Gasteiger partial charge in [0.15, 0.2) is 11.4 Å². The van der Waals surface area contributed by atoms with Gasteiger partial charge in [-0.15, -0.1) is 0 Å². The molecule has 0 bridgehead atoms. The quantitative estimate of drug-likeness (QED) is 0.505. The van der Waals surface area contributed by atoms with E-state index in [1.54, 1.807) is 13.8 Å². The number of aliphatic imine (C=N–C) groups is 1. The topological polar surface area (TPSA) is 82.0 Å². The first-order valence-corrected chi connectivity index (χ1v) is 5.39. The number of carbonyl (C=O) groups is 3. The van der Waals surface area contributed by atoms with Crippen LogP contribution >= 0.6 is 0 Å². The van der Waals surface area contributed by atoms with E-state index in [1.165, 1.54) is 0 Å². The van der Waals surface area contributed by atoms with Crippen LogP contribution in [-0.2, 0) is 23.9 Å². The minimum atomic E-state index is -0.647. The van der Waals surface area contributed by atoms with Crippen LogP contribution in [-0.4, -0.2) is 29.3 Å². The van der Waals surface area contributed by atoms with Gasteiger partial charge in [-0.25, -0.2) is 9.79 Å². The molecule has 0 unspecified atom stereocenters. The first kappa shape index (κ1) is 13.3. The number of esters is 3. The molecule has 0 atom stereocenters. The molecular formula is C11H15NO5. The molecule has 17 heavy (non-hydrogen) atoms. The molecule has 0 amide bonds. The molecule has 1 fully saturated rings. The van der Waals surface area contributed by atoms with Crippen molar-refractivity contribution in [2.75, 3.05) is 0 Å².